The summed E-state index contributed by atoms with van der Waals surface area (Å²) in [6.45, 7) is 1.71. The van der Waals surface area contributed by atoms with Crippen LogP contribution in [-0.2, 0) is 9.53 Å². The summed E-state index contributed by atoms with van der Waals surface area (Å²) < 4.78 is 18.5. The molecule has 21 heavy (non-hydrogen) atoms. The molecule has 0 saturated heterocycles. The molecule has 0 spiro atoms. The van der Waals surface area contributed by atoms with Gasteiger partial charge in [-0.25, -0.2) is 9.18 Å². The number of hydrogen-bond acceptors (Lipinski definition) is 3. The van der Waals surface area contributed by atoms with Crippen molar-refractivity contribution in [2.75, 3.05) is 19.0 Å². The summed E-state index contributed by atoms with van der Waals surface area (Å²) in [5, 5.41) is 13.7. The molecule has 0 heterocycles. The second-order valence-corrected chi connectivity index (χ2v) is 5.23. The standard InChI is InChI=1S/C13H16BrFN2O4/c1-7-3-10(15)9(14)5-11(7)17-13(20)16-6-8(21-2)4-12(18)19/h3,5,8H,4,6H2,1-2H3,(H,18,19)(H2,16,17,20). The van der Waals surface area contributed by atoms with Gasteiger partial charge in [0.15, 0.2) is 0 Å². The van der Waals surface area contributed by atoms with Gasteiger partial charge in [0.25, 0.3) is 0 Å². The summed E-state index contributed by atoms with van der Waals surface area (Å²) in [5.74, 6) is -1.43. The molecule has 1 atom stereocenters. The number of ether oxygens (including phenoxy) is 1. The van der Waals surface area contributed by atoms with E-state index >= 15 is 0 Å². The van der Waals surface area contributed by atoms with E-state index in [1.165, 1.54) is 19.2 Å². The maximum atomic E-state index is 13.3. The van der Waals surface area contributed by atoms with Crippen LogP contribution in [0.4, 0.5) is 14.9 Å². The highest BCUT2D eigenvalue weighted by molar-refractivity contribution is 9.10. The first-order valence-electron chi connectivity index (χ1n) is 6.08. The minimum absolute atomic E-state index is 0.0516. The first-order valence-corrected chi connectivity index (χ1v) is 6.88. The zero-order valence-electron chi connectivity index (χ0n) is 11.6. The van der Waals surface area contributed by atoms with Gasteiger partial charge >= 0.3 is 12.0 Å². The zero-order chi connectivity index (χ0) is 16.0. The van der Waals surface area contributed by atoms with Crippen LogP contribution in [0.3, 0.4) is 0 Å². The highest BCUT2D eigenvalue weighted by Gasteiger charge is 2.14. The minimum Gasteiger partial charge on any atom is -0.481 e. The van der Waals surface area contributed by atoms with Crippen LogP contribution >= 0.6 is 15.9 Å². The van der Waals surface area contributed by atoms with Crippen molar-refractivity contribution >= 4 is 33.6 Å². The van der Waals surface area contributed by atoms with Crippen molar-refractivity contribution in [1.82, 2.24) is 5.32 Å². The van der Waals surface area contributed by atoms with Crippen LogP contribution in [-0.4, -0.2) is 36.9 Å². The van der Waals surface area contributed by atoms with Crippen LogP contribution < -0.4 is 10.6 Å². The van der Waals surface area contributed by atoms with E-state index in [0.717, 1.165) is 0 Å². The molecule has 0 fully saturated rings. The Kier molecular flexibility index (Phi) is 6.57. The van der Waals surface area contributed by atoms with E-state index in [4.69, 9.17) is 9.84 Å². The summed E-state index contributed by atoms with van der Waals surface area (Å²) in [7, 11) is 1.37. The topological polar surface area (TPSA) is 87.7 Å². The molecule has 0 bridgehead atoms. The lowest BCUT2D eigenvalue weighted by Gasteiger charge is -2.15. The number of methoxy groups -OCH3 is 1. The molecule has 3 N–H and O–H groups in total. The van der Waals surface area contributed by atoms with Gasteiger partial charge in [-0.3, -0.25) is 4.79 Å². The Morgan fingerprint density at radius 3 is 2.71 bits per heavy atom. The van der Waals surface area contributed by atoms with E-state index in [1.54, 1.807) is 6.92 Å². The third kappa shape index (κ3) is 5.68. The Morgan fingerprint density at radius 1 is 1.48 bits per heavy atom. The number of amides is 2. The van der Waals surface area contributed by atoms with Gasteiger partial charge in [-0.1, -0.05) is 0 Å². The molecule has 6 nitrogen and oxygen atoms in total. The van der Waals surface area contributed by atoms with E-state index in [2.05, 4.69) is 26.6 Å². The first kappa shape index (κ1) is 17.4. The lowest BCUT2D eigenvalue weighted by molar-refractivity contribution is -0.139. The van der Waals surface area contributed by atoms with Crippen molar-refractivity contribution in [2.45, 2.75) is 19.4 Å². The molecular weight excluding hydrogens is 347 g/mol. The van der Waals surface area contributed by atoms with Crippen LogP contribution in [0.1, 0.15) is 12.0 Å². The fourth-order valence-electron chi connectivity index (χ4n) is 1.59. The number of aryl methyl sites for hydroxylation is 1. The summed E-state index contributed by atoms with van der Waals surface area (Å²) in [6.07, 6.45) is -0.827. The Balaban J connectivity index is 2.58. The molecule has 0 radical (unpaired) electrons. The number of carboxylic acids is 1. The normalized spacial score (nSPS) is 11.8. The number of carboxylic acid groups (broad SMARTS) is 1. The van der Waals surface area contributed by atoms with E-state index in [0.29, 0.717) is 11.3 Å². The fourth-order valence-corrected chi connectivity index (χ4v) is 1.93. The molecule has 0 aromatic heterocycles. The molecule has 1 aromatic rings. The first-order chi connectivity index (χ1) is 9.83. The van der Waals surface area contributed by atoms with Crippen molar-refractivity contribution < 1.29 is 23.8 Å². The quantitative estimate of drug-likeness (QED) is 0.725. The third-order valence-corrected chi connectivity index (χ3v) is 3.35. The number of hydrogen-bond donors (Lipinski definition) is 3. The summed E-state index contributed by atoms with van der Waals surface area (Å²) >= 11 is 3.04. The number of anilines is 1. The molecule has 2 amide bonds. The molecule has 0 aliphatic rings. The number of urea groups is 1. The van der Waals surface area contributed by atoms with Gasteiger partial charge in [0, 0.05) is 19.3 Å². The van der Waals surface area contributed by atoms with Crippen LogP contribution in [0.2, 0.25) is 0 Å². The summed E-state index contributed by atoms with van der Waals surface area (Å²) in [6, 6.07) is 2.22. The van der Waals surface area contributed by atoms with E-state index < -0.39 is 23.9 Å². The van der Waals surface area contributed by atoms with E-state index in [9.17, 15) is 14.0 Å². The summed E-state index contributed by atoms with van der Waals surface area (Å²) in [4.78, 5) is 22.3. The second kappa shape index (κ2) is 7.94. The average Bonchev–Trinajstić information content (AvgIpc) is 2.40. The average molecular weight is 363 g/mol. The predicted molar refractivity (Wildman–Crippen MR) is 78.9 cm³/mol. The molecule has 8 heteroatoms. The number of nitrogens with one attached hydrogen (secondary N) is 2. The second-order valence-electron chi connectivity index (χ2n) is 4.37. The highest BCUT2D eigenvalue weighted by atomic mass is 79.9. The van der Waals surface area contributed by atoms with Gasteiger partial charge in [0.1, 0.15) is 5.82 Å². The van der Waals surface area contributed by atoms with Crippen LogP contribution in [0.5, 0.6) is 0 Å². The predicted octanol–water partition coefficient (Wildman–Crippen LogP) is 2.51. The Hall–Kier alpha value is -1.67. The number of carbonyl (C=O) groups is 2. The van der Waals surface area contributed by atoms with Crippen molar-refractivity contribution in [3.63, 3.8) is 0 Å². The Bertz CT molecular complexity index is 539. The number of carbonyl (C=O) groups excluding carboxylic acids is 1. The van der Waals surface area contributed by atoms with E-state index in [-0.39, 0.29) is 17.4 Å². The molecule has 1 aromatic carbocycles. The van der Waals surface area contributed by atoms with Crippen molar-refractivity contribution in [2.24, 2.45) is 0 Å². The molecular formula is C13H16BrFN2O4. The lowest BCUT2D eigenvalue weighted by Crippen LogP contribution is -2.37. The highest BCUT2D eigenvalue weighted by Crippen LogP contribution is 2.24. The van der Waals surface area contributed by atoms with Crippen molar-refractivity contribution in [1.29, 1.82) is 0 Å². The molecule has 1 unspecified atom stereocenters. The van der Waals surface area contributed by atoms with E-state index in [1.807, 2.05) is 0 Å². The van der Waals surface area contributed by atoms with Gasteiger partial charge in [-0.05, 0) is 40.5 Å². The molecule has 116 valence electrons. The Labute approximate surface area is 129 Å². The van der Waals surface area contributed by atoms with Gasteiger partial charge in [-0.15, -0.1) is 0 Å². The number of benzene rings is 1. The molecule has 0 aliphatic carbocycles. The minimum atomic E-state index is -1.01. The van der Waals surface area contributed by atoms with Gasteiger partial charge in [0.05, 0.1) is 17.0 Å². The molecule has 0 saturated carbocycles. The van der Waals surface area contributed by atoms with Gasteiger partial charge in [-0.2, -0.15) is 0 Å². The number of rotatable bonds is 6. The molecule has 1 rings (SSSR count). The maximum absolute atomic E-state index is 13.3. The third-order valence-electron chi connectivity index (χ3n) is 2.74. The summed E-state index contributed by atoms with van der Waals surface area (Å²) in [5.41, 5.74) is 1.02. The largest absolute Gasteiger partial charge is 0.481 e. The van der Waals surface area contributed by atoms with Crippen LogP contribution in [0.15, 0.2) is 16.6 Å². The monoisotopic (exact) mass is 362 g/mol. The van der Waals surface area contributed by atoms with Gasteiger partial charge < -0.3 is 20.5 Å². The maximum Gasteiger partial charge on any atom is 0.319 e. The van der Waals surface area contributed by atoms with Crippen molar-refractivity contribution in [3.8, 4) is 0 Å². The lowest BCUT2D eigenvalue weighted by atomic mass is 10.2. The smallest absolute Gasteiger partial charge is 0.319 e. The van der Waals surface area contributed by atoms with Gasteiger partial charge in [0.2, 0.25) is 0 Å². The number of halogens is 2. The van der Waals surface area contributed by atoms with Crippen LogP contribution in [0.25, 0.3) is 0 Å². The zero-order valence-corrected chi connectivity index (χ0v) is 13.2. The van der Waals surface area contributed by atoms with Crippen LogP contribution in [0, 0.1) is 12.7 Å². The molecule has 0 aliphatic heterocycles. The number of aliphatic carboxylic acids is 1. The SMILES string of the molecule is COC(CNC(=O)Nc1cc(Br)c(F)cc1C)CC(=O)O. The Morgan fingerprint density at radius 2 is 2.14 bits per heavy atom. The fraction of sp³-hybridized carbons (Fsp3) is 0.385. The van der Waals surface area contributed by atoms with Crippen molar-refractivity contribution in [3.05, 3.63) is 28.0 Å².